The average Bonchev–Trinajstić information content (AvgIpc) is 1.88. The minimum absolute atomic E-state index is 0. The molecule has 0 saturated carbocycles. The maximum atomic E-state index is 8.83. The second kappa shape index (κ2) is 26.0. The van der Waals surface area contributed by atoms with Gasteiger partial charge in [0.15, 0.2) is 0 Å². The number of carbonyl (C=O) groups excluding carboxylic acids is 2. The molecule has 0 unspecified atom stereocenters. The Morgan fingerprint density at radius 2 is 1.11 bits per heavy atom. The SMILES string of the molecule is CO[C-]=O.CO[C-]=O.[Cu+2]. The van der Waals surface area contributed by atoms with Crippen LogP contribution >= 0.6 is 0 Å². The van der Waals surface area contributed by atoms with Crippen LogP contribution in [-0.4, -0.2) is 27.2 Å². The standard InChI is InChI=1S/2C2H3O2.Cu/c2*1-4-2-3;/h2*1H3;/q2*-1;+2. The summed E-state index contributed by atoms with van der Waals surface area (Å²) in [5.74, 6) is 0. The Balaban J connectivity index is -0.0000000720. The molecule has 0 heterocycles. The summed E-state index contributed by atoms with van der Waals surface area (Å²) < 4.78 is 7.47. The monoisotopic (exact) mass is 181 g/mol. The van der Waals surface area contributed by atoms with E-state index in [1.807, 2.05) is 0 Å². The first-order chi connectivity index (χ1) is 3.83. The first kappa shape index (κ1) is 15.8. The van der Waals surface area contributed by atoms with E-state index < -0.39 is 0 Å². The summed E-state index contributed by atoms with van der Waals surface area (Å²) in [6, 6.07) is 0. The van der Waals surface area contributed by atoms with Crippen LogP contribution < -0.4 is 0 Å². The van der Waals surface area contributed by atoms with Gasteiger partial charge in [-0.15, -0.1) is 0 Å². The minimum Gasteiger partial charge on any atom is -0.655 e. The zero-order valence-electron chi connectivity index (χ0n) is 4.93. The smallest absolute Gasteiger partial charge is 0.655 e. The van der Waals surface area contributed by atoms with E-state index in [0.717, 1.165) is 0 Å². The maximum absolute atomic E-state index is 8.83. The van der Waals surface area contributed by atoms with Crippen molar-refractivity contribution in [3.63, 3.8) is 0 Å². The van der Waals surface area contributed by atoms with Crippen molar-refractivity contribution in [1.82, 2.24) is 0 Å². The predicted molar refractivity (Wildman–Crippen MR) is 25.4 cm³/mol. The van der Waals surface area contributed by atoms with Crippen LogP contribution in [0.25, 0.3) is 0 Å². The summed E-state index contributed by atoms with van der Waals surface area (Å²) in [6.45, 7) is 2.36. The summed E-state index contributed by atoms with van der Waals surface area (Å²) in [4.78, 5) is 17.7. The molecule has 0 spiro atoms. The molecule has 0 aliphatic rings. The van der Waals surface area contributed by atoms with Crippen LogP contribution in [0.4, 0.5) is 0 Å². The molecule has 0 bridgehead atoms. The van der Waals surface area contributed by atoms with Gasteiger partial charge in [-0.05, 0) is 0 Å². The molecular weight excluding hydrogens is 176 g/mol. The molecule has 0 amide bonds. The second-order valence-corrected chi connectivity index (χ2v) is 0.575. The first-order valence-electron chi connectivity index (χ1n) is 1.63. The predicted octanol–water partition coefficient (Wildman–Crippen LogP) is -0.603. The molecule has 0 aromatic carbocycles. The van der Waals surface area contributed by atoms with E-state index >= 15 is 0 Å². The number of hydrogen-bond donors (Lipinski definition) is 0. The average molecular weight is 182 g/mol. The van der Waals surface area contributed by atoms with Crippen LogP contribution in [-0.2, 0) is 36.1 Å². The van der Waals surface area contributed by atoms with Crippen LogP contribution in [0.5, 0.6) is 0 Å². The third-order valence-electron chi connectivity index (χ3n) is 0.167. The largest absolute Gasteiger partial charge is 2.00 e. The van der Waals surface area contributed by atoms with Gasteiger partial charge < -0.3 is 19.1 Å². The van der Waals surface area contributed by atoms with E-state index in [0.29, 0.717) is 0 Å². The number of rotatable bonds is 2. The van der Waals surface area contributed by atoms with E-state index in [1.165, 1.54) is 27.2 Å². The van der Waals surface area contributed by atoms with Crippen molar-refractivity contribution in [1.29, 1.82) is 0 Å². The van der Waals surface area contributed by atoms with E-state index in [-0.39, 0.29) is 17.1 Å². The van der Waals surface area contributed by atoms with Gasteiger partial charge in [-0.1, -0.05) is 12.9 Å². The van der Waals surface area contributed by atoms with Crippen LogP contribution in [0.15, 0.2) is 0 Å². The van der Waals surface area contributed by atoms with E-state index in [2.05, 4.69) is 9.47 Å². The third kappa shape index (κ3) is 104. The summed E-state index contributed by atoms with van der Waals surface area (Å²) in [6.07, 6.45) is 0. The van der Waals surface area contributed by atoms with Gasteiger partial charge in [0.2, 0.25) is 0 Å². The third-order valence-corrected chi connectivity index (χ3v) is 0.167. The fraction of sp³-hybridized carbons (Fsp3) is 0.500. The molecule has 0 aliphatic heterocycles. The van der Waals surface area contributed by atoms with Gasteiger partial charge in [0, 0.05) is 14.2 Å². The van der Waals surface area contributed by atoms with Gasteiger partial charge in [-0.3, -0.25) is 0 Å². The molecule has 57 valence electrons. The van der Waals surface area contributed by atoms with E-state index in [9.17, 15) is 0 Å². The zero-order valence-corrected chi connectivity index (χ0v) is 5.88. The molecule has 0 aromatic rings. The van der Waals surface area contributed by atoms with Crippen molar-refractivity contribution < 1.29 is 36.1 Å². The van der Waals surface area contributed by atoms with Crippen LogP contribution in [0.1, 0.15) is 0 Å². The van der Waals surface area contributed by atoms with Gasteiger partial charge in [-0.25, -0.2) is 0 Å². The van der Waals surface area contributed by atoms with Gasteiger partial charge in [0.05, 0.1) is 0 Å². The molecule has 4 nitrogen and oxygen atoms in total. The number of hydrogen-bond acceptors (Lipinski definition) is 4. The van der Waals surface area contributed by atoms with Gasteiger partial charge in [-0.2, -0.15) is 0 Å². The van der Waals surface area contributed by atoms with Gasteiger partial charge in [0.25, 0.3) is 0 Å². The molecule has 0 saturated heterocycles. The Bertz CT molecular complexity index is 48.5. The quantitative estimate of drug-likeness (QED) is 0.422. The molecule has 0 aliphatic carbocycles. The second-order valence-electron chi connectivity index (χ2n) is 0.575. The number of ether oxygens (including phenoxy) is 2. The van der Waals surface area contributed by atoms with E-state index in [4.69, 9.17) is 9.59 Å². The molecular formula is C4H6CuO4. The summed E-state index contributed by atoms with van der Waals surface area (Å²) in [5.41, 5.74) is 0. The fourth-order valence-electron chi connectivity index (χ4n) is 0. The Labute approximate surface area is 64.0 Å². The summed E-state index contributed by atoms with van der Waals surface area (Å²) in [5, 5.41) is 0. The van der Waals surface area contributed by atoms with Crippen molar-refractivity contribution in [2.45, 2.75) is 0 Å². The number of methoxy groups -OCH3 is 2. The molecule has 1 radical (unpaired) electrons. The molecule has 5 heteroatoms. The molecule has 0 rings (SSSR count). The van der Waals surface area contributed by atoms with Crippen LogP contribution in [0.2, 0.25) is 0 Å². The first-order valence-corrected chi connectivity index (χ1v) is 1.63. The molecule has 9 heavy (non-hydrogen) atoms. The van der Waals surface area contributed by atoms with E-state index in [1.54, 1.807) is 0 Å². The molecule has 0 fully saturated rings. The van der Waals surface area contributed by atoms with Crippen LogP contribution in [0, 0.1) is 0 Å². The van der Waals surface area contributed by atoms with Crippen LogP contribution in [0.3, 0.4) is 0 Å². The van der Waals surface area contributed by atoms with Crippen molar-refractivity contribution in [2.75, 3.05) is 14.2 Å². The van der Waals surface area contributed by atoms with Gasteiger partial charge >= 0.3 is 17.1 Å². The van der Waals surface area contributed by atoms with Crippen molar-refractivity contribution in [3.05, 3.63) is 0 Å². The topological polar surface area (TPSA) is 52.6 Å². The van der Waals surface area contributed by atoms with Crippen molar-refractivity contribution in [2.24, 2.45) is 0 Å². The molecule has 0 atom stereocenters. The normalized spacial score (nSPS) is 4.67. The summed E-state index contributed by atoms with van der Waals surface area (Å²) >= 11 is 0. The summed E-state index contributed by atoms with van der Waals surface area (Å²) in [7, 11) is 2.51. The molecule has 0 aromatic heterocycles. The minimum atomic E-state index is 0. The Hall–Kier alpha value is -0.541. The Morgan fingerprint density at radius 1 is 1.00 bits per heavy atom. The fourth-order valence-corrected chi connectivity index (χ4v) is 0. The Morgan fingerprint density at radius 3 is 1.11 bits per heavy atom. The van der Waals surface area contributed by atoms with Crippen molar-refractivity contribution in [3.8, 4) is 0 Å². The van der Waals surface area contributed by atoms with Crippen molar-refractivity contribution >= 4 is 12.9 Å². The Kier molecular flexibility index (Phi) is 45.6. The zero-order chi connectivity index (χ0) is 6.83. The van der Waals surface area contributed by atoms with Gasteiger partial charge in [0.1, 0.15) is 0 Å². The maximum Gasteiger partial charge on any atom is 2.00 e. The molecule has 0 N–H and O–H groups in total.